The highest BCUT2D eigenvalue weighted by Crippen LogP contribution is 2.64. The Morgan fingerprint density at radius 1 is 1.18 bits per heavy atom. The van der Waals surface area contributed by atoms with E-state index in [2.05, 4.69) is 21.3 Å². The number of thioether (sulfide) groups is 1. The van der Waals surface area contributed by atoms with Crippen molar-refractivity contribution < 1.29 is 37.5 Å². The molecule has 0 aromatic heterocycles. The molecule has 5 atom stereocenters. The summed E-state index contributed by atoms with van der Waals surface area (Å²) in [6, 6.07) is 0.311. The fraction of sp³-hybridized carbons (Fsp3) is 0.833. The third-order valence-electron chi connectivity index (χ3n) is 7.37. The first-order valence-corrected chi connectivity index (χ1v) is 16.3. The van der Waals surface area contributed by atoms with Gasteiger partial charge in [-0.3, -0.25) is 9.36 Å². The molecule has 3 aliphatic heterocycles. The molecule has 0 aliphatic carbocycles. The van der Waals surface area contributed by atoms with Crippen LogP contribution in [0, 0.1) is 11.1 Å². The summed E-state index contributed by atoms with van der Waals surface area (Å²) >= 11 is 1.87. The van der Waals surface area contributed by atoms with Crippen LogP contribution in [0.5, 0.6) is 0 Å². The Morgan fingerprint density at radius 2 is 1.90 bits per heavy atom. The van der Waals surface area contributed by atoms with Gasteiger partial charge in [0.1, 0.15) is 6.61 Å². The van der Waals surface area contributed by atoms with Gasteiger partial charge in [-0.2, -0.15) is 16.5 Å². The highest BCUT2D eigenvalue weighted by atomic mass is 32.2. The molecule has 3 heterocycles. The molecule has 2 fully saturated rings. The van der Waals surface area contributed by atoms with E-state index in [4.69, 9.17) is 13.8 Å². The standard InChI is InChI=1S/C24H42N5O8PS/c1-4-36-38(34,37-5-2)24(3)17(11-14-29(24)33)15-35-23(32)26-13-8-12-25-20(30)10-7-6-9-19-21-18(16-39-19)27-22(31)28-21/h14,17-19,21H,4-13,15-16H2,1-3H3,(H,25,30)(H,26,32)(H2,27,28,31)/t17-,18+,19+,21+,24?/m0/s1. The molecule has 0 bridgehead atoms. The zero-order chi connectivity index (χ0) is 28.5. The fourth-order valence-electron chi connectivity index (χ4n) is 5.12. The molecule has 0 spiro atoms. The average molecular weight is 592 g/mol. The quantitative estimate of drug-likeness (QED) is 0.0692. The first kappa shape index (κ1) is 31.5. The smallest absolute Gasteiger partial charge is 0.407 e. The predicted molar refractivity (Wildman–Crippen MR) is 148 cm³/mol. The lowest BCUT2D eigenvalue weighted by atomic mass is 10.0. The summed E-state index contributed by atoms with van der Waals surface area (Å²) in [5, 5.41) is 22.9. The maximum Gasteiger partial charge on any atom is 0.407 e. The molecule has 4 N–H and O–H groups in total. The van der Waals surface area contributed by atoms with Crippen LogP contribution in [-0.4, -0.2) is 90.3 Å². The SMILES string of the molecule is CCOP(=O)(OCC)C1(C)[C@H](COC(=O)NCCCNC(=O)CCCC[C@H]2SC[C@H]3NC(=O)N[C@H]32)CC=[N+]1[O-]. The number of unbranched alkanes of at least 4 members (excludes halogenated alkanes) is 1. The van der Waals surface area contributed by atoms with Gasteiger partial charge >= 0.3 is 19.7 Å². The Hall–Kier alpha value is -2.02. The number of carbonyl (C=O) groups excluding carboxylic acids is 3. The molecule has 1 unspecified atom stereocenters. The highest BCUT2D eigenvalue weighted by Gasteiger charge is 2.63. The molecule has 4 amide bonds. The maximum absolute atomic E-state index is 13.4. The zero-order valence-electron chi connectivity index (χ0n) is 22.9. The number of alkyl carbamates (subject to hydrolysis) is 1. The Morgan fingerprint density at radius 3 is 2.62 bits per heavy atom. The van der Waals surface area contributed by atoms with Gasteiger partial charge < -0.3 is 40.3 Å². The summed E-state index contributed by atoms with van der Waals surface area (Å²) in [6.07, 6.45) is 4.62. The molecular formula is C24H42N5O8PS. The maximum atomic E-state index is 13.4. The molecule has 15 heteroatoms. The lowest BCUT2D eigenvalue weighted by Gasteiger charge is -2.34. The monoisotopic (exact) mass is 591 g/mol. The molecule has 0 radical (unpaired) electrons. The number of carbonyl (C=O) groups is 3. The second kappa shape index (κ2) is 14.6. The summed E-state index contributed by atoms with van der Waals surface area (Å²) in [7, 11) is -3.80. The predicted octanol–water partition coefficient (Wildman–Crippen LogP) is 2.53. The number of nitrogens with zero attached hydrogens (tertiary/aromatic N) is 1. The van der Waals surface area contributed by atoms with E-state index in [-0.39, 0.29) is 50.3 Å². The lowest BCUT2D eigenvalue weighted by molar-refractivity contribution is -0.515. The molecule has 0 saturated carbocycles. The van der Waals surface area contributed by atoms with Gasteiger partial charge in [0.25, 0.3) is 5.28 Å². The topological polar surface area (TPSA) is 170 Å². The van der Waals surface area contributed by atoms with Crippen molar-refractivity contribution in [1.29, 1.82) is 0 Å². The van der Waals surface area contributed by atoms with Crippen molar-refractivity contribution in [2.24, 2.45) is 5.92 Å². The van der Waals surface area contributed by atoms with Crippen LogP contribution >= 0.6 is 19.4 Å². The average Bonchev–Trinajstić information content (AvgIpc) is 3.54. The van der Waals surface area contributed by atoms with Gasteiger partial charge in [-0.15, -0.1) is 0 Å². The van der Waals surface area contributed by atoms with Crippen LogP contribution in [0.15, 0.2) is 0 Å². The van der Waals surface area contributed by atoms with Gasteiger partial charge in [-0.05, 0) is 33.1 Å². The number of nitrogens with one attached hydrogen (secondary N) is 4. The molecule has 39 heavy (non-hydrogen) atoms. The van der Waals surface area contributed by atoms with E-state index in [0.29, 0.717) is 35.9 Å². The minimum absolute atomic E-state index is 0.0303. The van der Waals surface area contributed by atoms with E-state index in [1.165, 1.54) is 13.1 Å². The third-order valence-corrected chi connectivity index (χ3v) is 11.7. The van der Waals surface area contributed by atoms with Crippen molar-refractivity contribution >= 4 is 43.6 Å². The molecule has 0 aromatic rings. The van der Waals surface area contributed by atoms with Crippen molar-refractivity contribution in [2.45, 2.75) is 81.9 Å². The Kier molecular flexibility index (Phi) is 11.8. The van der Waals surface area contributed by atoms with Crippen molar-refractivity contribution in [3.63, 3.8) is 0 Å². The summed E-state index contributed by atoms with van der Waals surface area (Å²) in [4.78, 5) is 35.7. The van der Waals surface area contributed by atoms with Gasteiger partial charge in [0, 0.05) is 43.9 Å². The van der Waals surface area contributed by atoms with Gasteiger partial charge in [-0.25, -0.2) is 9.59 Å². The van der Waals surface area contributed by atoms with Gasteiger partial charge in [0.2, 0.25) is 5.91 Å². The van der Waals surface area contributed by atoms with Gasteiger partial charge in [-0.1, -0.05) is 6.42 Å². The Bertz CT molecular complexity index is 945. The summed E-state index contributed by atoms with van der Waals surface area (Å²) in [5.74, 6) is 0.334. The number of amides is 4. The van der Waals surface area contributed by atoms with E-state index < -0.39 is 24.9 Å². The van der Waals surface area contributed by atoms with Crippen LogP contribution in [0.3, 0.4) is 0 Å². The number of urea groups is 1. The number of ether oxygens (including phenoxy) is 1. The fourth-order valence-corrected chi connectivity index (χ4v) is 8.89. The number of hydrogen-bond acceptors (Lipinski definition) is 9. The normalized spacial score (nSPS) is 27.9. The van der Waals surface area contributed by atoms with Crippen molar-refractivity contribution in [3.05, 3.63) is 5.21 Å². The highest BCUT2D eigenvalue weighted by molar-refractivity contribution is 8.00. The zero-order valence-corrected chi connectivity index (χ0v) is 24.7. The second-order valence-electron chi connectivity index (χ2n) is 9.96. The second-order valence-corrected chi connectivity index (χ2v) is 13.7. The summed E-state index contributed by atoms with van der Waals surface area (Å²) in [5.41, 5.74) is 0. The van der Waals surface area contributed by atoms with Crippen molar-refractivity contribution in [1.82, 2.24) is 21.3 Å². The van der Waals surface area contributed by atoms with E-state index in [1.807, 2.05) is 11.8 Å². The Balaban J connectivity index is 1.26. The first-order valence-electron chi connectivity index (χ1n) is 13.7. The van der Waals surface area contributed by atoms with Crippen LogP contribution in [0.25, 0.3) is 0 Å². The summed E-state index contributed by atoms with van der Waals surface area (Å²) < 4.78 is 30.1. The third kappa shape index (κ3) is 7.80. The van der Waals surface area contributed by atoms with Crippen LogP contribution in [0.1, 0.15) is 59.3 Å². The largest absolute Gasteiger partial charge is 0.623 e. The summed E-state index contributed by atoms with van der Waals surface area (Å²) in [6.45, 7) is 5.69. The van der Waals surface area contributed by atoms with E-state index >= 15 is 0 Å². The molecule has 13 nitrogen and oxygen atoms in total. The molecular weight excluding hydrogens is 549 g/mol. The van der Waals surface area contributed by atoms with Crippen LogP contribution < -0.4 is 21.3 Å². The van der Waals surface area contributed by atoms with Gasteiger partial charge in [0.05, 0.1) is 31.2 Å². The molecule has 222 valence electrons. The van der Waals surface area contributed by atoms with Crippen molar-refractivity contribution in [3.8, 4) is 0 Å². The number of rotatable bonds is 16. The van der Waals surface area contributed by atoms with Crippen molar-refractivity contribution in [2.75, 3.05) is 38.7 Å². The molecule has 2 saturated heterocycles. The number of fused-ring (bicyclic) bond motifs is 1. The number of hydroxylamine groups is 1. The van der Waals surface area contributed by atoms with Gasteiger partial charge in [0.15, 0.2) is 6.21 Å². The van der Waals surface area contributed by atoms with Crippen LogP contribution in [0.2, 0.25) is 0 Å². The minimum atomic E-state index is -3.80. The molecule has 3 aliphatic rings. The van der Waals surface area contributed by atoms with E-state index in [1.54, 1.807) is 13.8 Å². The molecule has 0 aromatic carbocycles. The molecule has 3 rings (SSSR count). The minimum Gasteiger partial charge on any atom is -0.623 e. The van der Waals surface area contributed by atoms with Crippen LogP contribution in [-0.2, 0) is 23.1 Å². The van der Waals surface area contributed by atoms with Crippen LogP contribution in [0.4, 0.5) is 9.59 Å². The first-order chi connectivity index (χ1) is 18.6. The van der Waals surface area contributed by atoms with E-state index in [9.17, 15) is 24.2 Å². The Labute approximate surface area is 234 Å². The number of hydrogen-bond donors (Lipinski definition) is 4. The van der Waals surface area contributed by atoms with E-state index in [0.717, 1.165) is 25.0 Å². The lowest BCUT2D eigenvalue weighted by Crippen LogP contribution is -2.43.